The molecule has 0 bridgehead atoms. The molecule has 0 fully saturated rings. The van der Waals surface area contributed by atoms with Gasteiger partial charge in [0, 0.05) is 58.5 Å². The lowest BCUT2D eigenvalue weighted by molar-refractivity contribution is 1.13. The smallest absolute Gasteiger partial charge is 0.0716 e. The molecule has 0 unspecified atom stereocenters. The van der Waals surface area contributed by atoms with Crippen molar-refractivity contribution in [1.82, 2.24) is 15.0 Å². The first-order chi connectivity index (χ1) is 22.1. The highest BCUT2D eigenvalue weighted by molar-refractivity contribution is 6.13. The van der Waals surface area contributed by atoms with E-state index >= 15 is 0 Å². The number of rotatable bonds is 11. The van der Waals surface area contributed by atoms with E-state index < -0.39 is 0 Å². The number of aliphatic imine (C=N–C) groups is 3. The summed E-state index contributed by atoms with van der Waals surface area (Å²) in [4.78, 5) is 27.6. The van der Waals surface area contributed by atoms with E-state index in [0.29, 0.717) is 12.2 Å². The fourth-order valence-electron chi connectivity index (χ4n) is 4.91. The highest BCUT2D eigenvalue weighted by Crippen LogP contribution is 2.31. The summed E-state index contributed by atoms with van der Waals surface area (Å²) in [5.41, 5.74) is 10.3. The first-order valence-corrected chi connectivity index (χ1v) is 14.7. The van der Waals surface area contributed by atoms with Gasteiger partial charge >= 0.3 is 0 Å². The van der Waals surface area contributed by atoms with Gasteiger partial charge in [-0.2, -0.15) is 0 Å². The number of pyridine rings is 3. The summed E-state index contributed by atoms with van der Waals surface area (Å²) in [6.45, 7) is 12.3. The lowest BCUT2D eigenvalue weighted by atomic mass is 9.96. The van der Waals surface area contributed by atoms with Crippen LogP contribution in [0.1, 0.15) is 30.5 Å². The maximum Gasteiger partial charge on any atom is 0.0716 e. The van der Waals surface area contributed by atoms with Crippen molar-refractivity contribution in [3.63, 3.8) is 0 Å². The number of hydrogen-bond acceptors (Lipinski definition) is 6. The van der Waals surface area contributed by atoms with Gasteiger partial charge in [-0.3, -0.25) is 29.9 Å². The molecule has 0 spiro atoms. The normalized spacial score (nSPS) is 12.4. The molecule has 6 heteroatoms. The third-order valence-electron chi connectivity index (χ3n) is 7.02. The van der Waals surface area contributed by atoms with Crippen molar-refractivity contribution in [2.45, 2.75) is 13.8 Å². The van der Waals surface area contributed by atoms with Gasteiger partial charge in [0.25, 0.3) is 0 Å². The second-order valence-electron chi connectivity index (χ2n) is 10.0. The van der Waals surface area contributed by atoms with Gasteiger partial charge in [-0.25, -0.2) is 0 Å². The maximum absolute atomic E-state index is 4.92. The van der Waals surface area contributed by atoms with Crippen LogP contribution in [0.4, 0.5) is 0 Å². The van der Waals surface area contributed by atoms with Crippen molar-refractivity contribution in [3.05, 3.63) is 151 Å². The average Bonchev–Trinajstić information content (AvgIpc) is 3.11. The van der Waals surface area contributed by atoms with Crippen LogP contribution < -0.4 is 0 Å². The van der Waals surface area contributed by atoms with E-state index in [1.54, 1.807) is 18.6 Å². The number of benzene rings is 2. The number of allylic oxidation sites excluding steroid dienone is 4. The minimum Gasteiger partial charge on any atom is -0.285 e. The number of aromatic nitrogens is 3. The summed E-state index contributed by atoms with van der Waals surface area (Å²) in [6, 6.07) is 30.1. The lowest BCUT2D eigenvalue weighted by Gasteiger charge is -2.13. The summed E-state index contributed by atoms with van der Waals surface area (Å²) in [5, 5.41) is 0. The number of nitrogens with zero attached hydrogens (tertiary/aromatic N) is 6. The van der Waals surface area contributed by atoms with E-state index in [2.05, 4.69) is 74.8 Å². The molecule has 5 rings (SSSR count). The second kappa shape index (κ2) is 15.0. The Balaban J connectivity index is 1.69. The van der Waals surface area contributed by atoms with Crippen molar-refractivity contribution in [3.8, 4) is 33.8 Å². The van der Waals surface area contributed by atoms with Gasteiger partial charge in [0.1, 0.15) is 0 Å². The van der Waals surface area contributed by atoms with E-state index in [1.165, 1.54) is 0 Å². The van der Waals surface area contributed by atoms with Crippen molar-refractivity contribution >= 4 is 30.5 Å². The summed E-state index contributed by atoms with van der Waals surface area (Å²) < 4.78 is 0. The zero-order valence-electron chi connectivity index (χ0n) is 25.5. The molecule has 0 aliphatic heterocycles. The monoisotopic (exact) mass is 586 g/mol. The Morgan fingerprint density at radius 3 is 1.58 bits per heavy atom. The highest BCUT2D eigenvalue weighted by atomic mass is 14.8. The fraction of sp³-hybridized carbons (Fsp3) is 0.0769. The molecule has 3 aromatic heterocycles. The molecule has 0 saturated heterocycles. The quantitative estimate of drug-likeness (QED) is 0.114. The highest BCUT2D eigenvalue weighted by Gasteiger charge is 2.14. The van der Waals surface area contributed by atoms with Gasteiger partial charge < -0.3 is 0 Å². The van der Waals surface area contributed by atoms with Crippen LogP contribution in [-0.2, 0) is 0 Å². The van der Waals surface area contributed by atoms with E-state index in [-0.39, 0.29) is 0 Å². The average molecular weight is 587 g/mol. The van der Waals surface area contributed by atoms with E-state index in [0.717, 1.165) is 61.9 Å². The second-order valence-corrected chi connectivity index (χ2v) is 10.0. The molecule has 0 saturated carbocycles. The molecule has 6 nitrogen and oxygen atoms in total. The first-order valence-electron chi connectivity index (χ1n) is 14.7. The first kappa shape index (κ1) is 30.6. The Kier molecular flexibility index (Phi) is 10.2. The Hall–Kier alpha value is -5.88. The van der Waals surface area contributed by atoms with Gasteiger partial charge in [-0.15, -0.1) is 0 Å². The molecule has 3 heterocycles. The molecule has 0 radical (unpaired) electrons. The molecule has 0 aliphatic carbocycles. The van der Waals surface area contributed by atoms with E-state index in [4.69, 9.17) is 4.99 Å². The fourth-order valence-corrected chi connectivity index (χ4v) is 4.91. The molecular formula is C39H34N6. The van der Waals surface area contributed by atoms with Gasteiger partial charge in [-0.05, 0) is 112 Å². The maximum atomic E-state index is 4.92. The predicted octanol–water partition coefficient (Wildman–Crippen LogP) is 9.04. The van der Waals surface area contributed by atoms with Crippen molar-refractivity contribution in [2.75, 3.05) is 6.54 Å². The molecule has 45 heavy (non-hydrogen) atoms. The van der Waals surface area contributed by atoms with Crippen LogP contribution in [-0.4, -0.2) is 40.6 Å². The van der Waals surface area contributed by atoms with Crippen LogP contribution in [0.15, 0.2) is 149 Å². The van der Waals surface area contributed by atoms with Gasteiger partial charge in [-0.1, -0.05) is 30.4 Å². The zero-order valence-corrected chi connectivity index (χ0v) is 25.5. The summed E-state index contributed by atoms with van der Waals surface area (Å²) in [6.07, 6.45) is 13.2. The Morgan fingerprint density at radius 2 is 1.13 bits per heavy atom. The molecule has 0 atom stereocenters. The Bertz CT molecular complexity index is 1850. The molecule has 0 amide bonds. The Morgan fingerprint density at radius 1 is 0.644 bits per heavy atom. The zero-order chi connectivity index (χ0) is 31.4. The molecular weight excluding hydrogens is 552 g/mol. The largest absolute Gasteiger partial charge is 0.285 e. The van der Waals surface area contributed by atoms with Crippen molar-refractivity contribution in [2.24, 2.45) is 15.0 Å². The van der Waals surface area contributed by atoms with Crippen molar-refractivity contribution < 1.29 is 0 Å². The topological polar surface area (TPSA) is 75.8 Å². The minimum absolute atomic E-state index is 0.577. The van der Waals surface area contributed by atoms with Crippen LogP contribution in [0.25, 0.3) is 45.2 Å². The molecule has 5 aromatic rings. The molecule has 0 aliphatic rings. The molecule has 0 N–H and O–H groups in total. The third-order valence-corrected chi connectivity index (χ3v) is 7.02. The van der Waals surface area contributed by atoms with Crippen LogP contribution in [0, 0.1) is 0 Å². The van der Waals surface area contributed by atoms with Gasteiger partial charge in [0.15, 0.2) is 0 Å². The van der Waals surface area contributed by atoms with Crippen LogP contribution in [0.5, 0.6) is 0 Å². The summed E-state index contributed by atoms with van der Waals surface area (Å²) in [7, 11) is 0. The molecule has 2 aromatic carbocycles. The third kappa shape index (κ3) is 7.56. The van der Waals surface area contributed by atoms with Crippen molar-refractivity contribution in [1.29, 1.82) is 0 Å². The standard InChI is InChI=1S/C39H34N6/c1-5-7-14-34(40-3)28-21-29(35-15-8-11-18-43-35)26-33(22-28)39(42-6-2)27-38(41-4)32-24-30(36-16-9-12-19-44-36)23-31(25-32)37-17-10-13-20-45-37/h5,7-27H,3-4,6H2,1-2H3/b7-5-,34-14-,38-27-,42-39?. The minimum atomic E-state index is 0.577. The van der Waals surface area contributed by atoms with Crippen LogP contribution in [0.2, 0.25) is 0 Å². The van der Waals surface area contributed by atoms with E-state index in [9.17, 15) is 0 Å². The number of hydrogen-bond donors (Lipinski definition) is 0. The van der Waals surface area contributed by atoms with Gasteiger partial charge in [0.05, 0.1) is 34.2 Å². The summed E-state index contributed by atoms with van der Waals surface area (Å²) >= 11 is 0. The Labute approximate surface area is 264 Å². The van der Waals surface area contributed by atoms with E-state index in [1.807, 2.05) is 92.7 Å². The molecule has 220 valence electrons. The lowest BCUT2D eigenvalue weighted by Crippen LogP contribution is -2.02. The summed E-state index contributed by atoms with van der Waals surface area (Å²) in [5.74, 6) is 0. The van der Waals surface area contributed by atoms with Gasteiger partial charge in [0.2, 0.25) is 0 Å². The predicted molar refractivity (Wildman–Crippen MR) is 190 cm³/mol. The van der Waals surface area contributed by atoms with Crippen LogP contribution >= 0.6 is 0 Å². The SMILES string of the molecule is C=N/C(=C\C=C/C)c1cc(C(/C=C(\N=C)c2cc(-c3ccccn3)cc(-c3ccccn3)c2)=NCC)cc(-c2ccccn2)c1. The van der Waals surface area contributed by atoms with Crippen LogP contribution in [0.3, 0.4) is 0 Å².